The van der Waals surface area contributed by atoms with Crippen molar-refractivity contribution in [2.24, 2.45) is 0 Å². The summed E-state index contributed by atoms with van der Waals surface area (Å²) in [5.74, 6) is 0. The van der Waals surface area contributed by atoms with Gasteiger partial charge in [-0.2, -0.15) is 0 Å². The third-order valence-corrected chi connectivity index (χ3v) is 16.3. The van der Waals surface area contributed by atoms with E-state index in [1.165, 1.54) is 0 Å². The van der Waals surface area contributed by atoms with E-state index in [0.717, 1.165) is 20.3 Å². The SMILES string of the molecule is [2H]c1c([2H])c(-n2c3c([2H])c([2H])c([2H])c([2H])c3c3c([2H])c([2H])c([2H])c([2H])c32)c([2H])c2c1B1c3c(cc(C(C)(C)C)cc3N(c3ccc(C(C)(C)C)cc3-c3ccccc3)c3c([2H])c(-n4c5c([2H])c([2H])c([2H])c([2H])c5c5c([2H])c([2H])c([2H])c([2H])c54)c([2H])c([2H])c31)N2c1ccc(C(C)(C)C)cc1-c1ccccc1. The van der Waals surface area contributed by atoms with Crippen LogP contribution in [-0.2, 0) is 16.2 Å². The van der Waals surface area contributed by atoms with Crippen molar-refractivity contribution >= 4 is 101 Å². The third-order valence-electron chi connectivity index (χ3n) is 16.3. The summed E-state index contributed by atoms with van der Waals surface area (Å²) in [5, 5.41) is -1.34. The predicted octanol–water partition coefficient (Wildman–Crippen LogP) is 19.2. The molecule has 83 heavy (non-hydrogen) atoms. The van der Waals surface area contributed by atoms with E-state index in [4.69, 9.17) is 11.0 Å². The number of anilines is 6. The average Bonchev–Trinajstić information content (AvgIpc) is 1.52. The molecule has 0 fully saturated rings. The topological polar surface area (TPSA) is 16.3 Å². The molecule has 0 unspecified atom stereocenters. The molecule has 15 rings (SSSR count). The standard InChI is InChI=1S/C78H67BN4/c1-76(2,3)52-36-42-69(61(44-52)50-24-12-10-13-25-50)82-71-48-55(80-65-32-20-16-28-57(65)58-29-17-21-33-66(58)80)38-40-63(71)79-64-41-39-56(81-67-34-22-18-30-59(67)60-31-19-23-35-68(60)81)49-72(64)83(74-47-54(78(7,8)9)46-73(82)75(74)79)70-43-37-53(77(4,5)6)45-62(70)51-26-14-11-15-27-51/h10-49H,1-9H3/i16D,17D,18D,19D,20D,21D,22D,23D,28D,29D,30D,31D,32D,33D,34D,35D,38D,39D,40D,41D,48D,49D. The largest absolute Gasteiger partial charge is 0.311 e. The molecule has 0 saturated heterocycles. The van der Waals surface area contributed by atoms with Crippen molar-refractivity contribution in [3.8, 4) is 33.6 Å². The molecule has 11 aromatic carbocycles. The van der Waals surface area contributed by atoms with E-state index in [9.17, 15) is 19.2 Å². The fourth-order valence-electron chi connectivity index (χ4n) is 12.1. The zero-order valence-electron chi connectivity index (χ0n) is 69.3. The minimum atomic E-state index is -1.55. The van der Waals surface area contributed by atoms with E-state index in [2.05, 4.69) is 41.5 Å². The van der Waals surface area contributed by atoms with Gasteiger partial charge in [-0.15, -0.1) is 0 Å². The Hall–Kier alpha value is -9.32. The molecule has 0 aliphatic carbocycles. The average molecular weight is 1090 g/mol. The van der Waals surface area contributed by atoms with Gasteiger partial charge in [0.15, 0.2) is 0 Å². The first-order valence-electron chi connectivity index (χ1n) is 38.8. The predicted molar refractivity (Wildman–Crippen MR) is 356 cm³/mol. The van der Waals surface area contributed by atoms with Gasteiger partial charge in [0.05, 0.1) is 63.6 Å². The normalized spacial score (nSPS) is 17.0. The summed E-state index contributed by atoms with van der Waals surface area (Å²) in [5.41, 5.74) is 2.10. The second-order valence-electron chi connectivity index (χ2n) is 24.5. The Morgan fingerprint density at radius 1 is 0.337 bits per heavy atom. The minimum absolute atomic E-state index is 0.123. The first-order valence-corrected chi connectivity index (χ1v) is 27.8. The van der Waals surface area contributed by atoms with E-state index in [-0.39, 0.29) is 43.8 Å². The first-order chi connectivity index (χ1) is 49.3. The Bertz CT molecular complexity index is 5580. The molecule has 0 atom stereocenters. The lowest BCUT2D eigenvalue weighted by Crippen LogP contribution is -2.61. The van der Waals surface area contributed by atoms with Gasteiger partial charge in [-0.05, 0) is 145 Å². The summed E-state index contributed by atoms with van der Waals surface area (Å²) < 4.78 is 216. The fraction of sp³-hybridized carbons (Fsp3) is 0.154. The van der Waals surface area contributed by atoms with Crippen molar-refractivity contribution in [3.05, 3.63) is 259 Å². The monoisotopic (exact) mass is 1090 g/mol. The highest BCUT2D eigenvalue weighted by atomic mass is 15.2. The highest BCUT2D eigenvalue weighted by molar-refractivity contribution is 7.00. The smallest absolute Gasteiger partial charge is 0.252 e. The summed E-state index contributed by atoms with van der Waals surface area (Å²) in [7, 11) is 0. The maximum absolute atomic E-state index is 11.3. The molecule has 4 nitrogen and oxygen atoms in total. The molecule has 5 heteroatoms. The van der Waals surface area contributed by atoms with E-state index in [1.807, 2.05) is 140 Å². The molecule has 0 N–H and O–H groups in total. The van der Waals surface area contributed by atoms with Gasteiger partial charge in [-0.25, -0.2) is 0 Å². The van der Waals surface area contributed by atoms with Crippen molar-refractivity contribution in [2.45, 2.75) is 78.6 Å². The number of rotatable bonds is 6. The summed E-state index contributed by atoms with van der Waals surface area (Å²) in [6.45, 7) is 16.9. The van der Waals surface area contributed by atoms with Gasteiger partial charge in [0.25, 0.3) is 6.71 Å². The minimum Gasteiger partial charge on any atom is -0.311 e. The quantitative estimate of drug-likeness (QED) is 0.154. The molecule has 2 aliphatic rings. The number of nitrogens with zero attached hydrogens (tertiary/aromatic N) is 4. The molecule has 2 aliphatic heterocycles. The number of aromatic nitrogens is 2. The number of hydrogen-bond donors (Lipinski definition) is 0. The van der Waals surface area contributed by atoms with Crippen LogP contribution in [0.4, 0.5) is 34.1 Å². The molecule has 0 saturated carbocycles. The molecule has 402 valence electrons. The van der Waals surface area contributed by atoms with E-state index in [1.54, 1.807) is 0 Å². The zero-order chi connectivity index (χ0) is 75.8. The Morgan fingerprint density at radius 2 is 0.687 bits per heavy atom. The Labute approximate surface area is 519 Å². The number of benzene rings is 11. The molecule has 0 radical (unpaired) electrons. The molecule has 13 aromatic rings. The van der Waals surface area contributed by atoms with Crippen LogP contribution in [0.3, 0.4) is 0 Å². The number of fused-ring (bicyclic) bond motifs is 10. The van der Waals surface area contributed by atoms with Crippen molar-refractivity contribution in [1.82, 2.24) is 9.13 Å². The van der Waals surface area contributed by atoms with Gasteiger partial charge in [0.1, 0.15) is 0 Å². The molecular weight excluding hydrogens is 1000 g/mol. The van der Waals surface area contributed by atoms with Crippen LogP contribution < -0.4 is 26.2 Å². The zero-order valence-corrected chi connectivity index (χ0v) is 47.3. The highest BCUT2D eigenvalue weighted by Crippen LogP contribution is 2.52. The van der Waals surface area contributed by atoms with Crippen LogP contribution in [0.2, 0.25) is 0 Å². The van der Waals surface area contributed by atoms with Gasteiger partial charge in [-0.3, -0.25) is 0 Å². The van der Waals surface area contributed by atoms with Crippen LogP contribution in [0.1, 0.15) is 109 Å². The second-order valence-corrected chi connectivity index (χ2v) is 24.5. The maximum atomic E-state index is 11.3. The Morgan fingerprint density at radius 3 is 1.04 bits per heavy atom. The fourth-order valence-corrected chi connectivity index (χ4v) is 12.1. The van der Waals surface area contributed by atoms with Crippen LogP contribution in [0.15, 0.2) is 242 Å². The lowest BCUT2D eigenvalue weighted by atomic mass is 9.33. The highest BCUT2D eigenvalue weighted by Gasteiger charge is 2.45. The van der Waals surface area contributed by atoms with E-state index >= 15 is 0 Å². The summed E-state index contributed by atoms with van der Waals surface area (Å²) >= 11 is 0. The second kappa shape index (κ2) is 18.6. The molecule has 4 heterocycles. The molecular formula is C78H67BN4. The maximum Gasteiger partial charge on any atom is 0.252 e. The molecule has 2 aromatic heterocycles. The Balaban J connectivity index is 1.21. The van der Waals surface area contributed by atoms with Crippen molar-refractivity contribution in [2.75, 3.05) is 9.80 Å². The van der Waals surface area contributed by atoms with Crippen LogP contribution in [-0.4, -0.2) is 15.8 Å². The van der Waals surface area contributed by atoms with Gasteiger partial charge >= 0.3 is 0 Å². The first kappa shape index (κ1) is 32.4. The van der Waals surface area contributed by atoms with E-state index < -0.39 is 189 Å². The van der Waals surface area contributed by atoms with Crippen LogP contribution >= 0.6 is 0 Å². The summed E-state index contributed by atoms with van der Waals surface area (Å²) in [6, 6.07) is 19.3. The van der Waals surface area contributed by atoms with Crippen molar-refractivity contribution in [1.29, 1.82) is 0 Å². The summed E-state index contributed by atoms with van der Waals surface area (Å²) in [4.78, 5) is 3.64. The van der Waals surface area contributed by atoms with Gasteiger partial charge < -0.3 is 18.9 Å². The van der Waals surface area contributed by atoms with Crippen LogP contribution in [0.25, 0.3) is 77.2 Å². The molecule has 0 spiro atoms. The van der Waals surface area contributed by atoms with Crippen LogP contribution in [0.5, 0.6) is 0 Å². The number of hydrogen-bond acceptors (Lipinski definition) is 2. The van der Waals surface area contributed by atoms with Crippen molar-refractivity contribution in [3.63, 3.8) is 0 Å². The number of para-hydroxylation sites is 4. The summed E-state index contributed by atoms with van der Waals surface area (Å²) in [6.07, 6.45) is 0. The van der Waals surface area contributed by atoms with E-state index in [0.29, 0.717) is 56.0 Å². The Kier molecular flexibility index (Phi) is 7.25. The van der Waals surface area contributed by atoms with Crippen LogP contribution in [0, 0.1) is 0 Å². The molecule has 0 amide bonds. The van der Waals surface area contributed by atoms with Crippen molar-refractivity contribution < 1.29 is 30.2 Å². The lowest BCUT2D eigenvalue weighted by Gasteiger charge is -2.46. The van der Waals surface area contributed by atoms with Gasteiger partial charge in [-0.1, -0.05) is 220 Å². The van der Waals surface area contributed by atoms with Gasteiger partial charge in [0.2, 0.25) is 0 Å². The third kappa shape index (κ3) is 8.03. The van der Waals surface area contributed by atoms with Gasteiger partial charge in [0, 0.05) is 66.8 Å². The molecule has 0 bridgehead atoms. The lowest BCUT2D eigenvalue weighted by molar-refractivity contribution is 0.590.